The van der Waals surface area contributed by atoms with Gasteiger partial charge in [0.25, 0.3) is 0 Å². The Hall–Kier alpha value is -0.0800. The van der Waals surface area contributed by atoms with Gasteiger partial charge in [0.15, 0.2) is 0 Å². The van der Waals surface area contributed by atoms with E-state index >= 15 is 0 Å². The van der Waals surface area contributed by atoms with Crippen LogP contribution in [0.2, 0.25) is 0 Å². The highest BCUT2D eigenvalue weighted by Gasteiger charge is 2.29. The molecule has 0 aromatic rings. The van der Waals surface area contributed by atoms with Gasteiger partial charge in [0, 0.05) is 19.2 Å². The average Bonchev–Trinajstić information content (AvgIpc) is 2.82. The van der Waals surface area contributed by atoms with E-state index in [1.807, 2.05) is 6.92 Å². The molecule has 0 heterocycles. The Balaban J connectivity index is 2.15. The highest BCUT2D eigenvalue weighted by Crippen LogP contribution is 2.32. The van der Waals surface area contributed by atoms with Gasteiger partial charge in [-0.3, -0.25) is 0 Å². The van der Waals surface area contributed by atoms with Gasteiger partial charge in [-0.1, -0.05) is 0 Å². The van der Waals surface area contributed by atoms with E-state index in [4.69, 9.17) is 4.74 Å². The van der Waals surface area contributed by atoms with Gasteiger partial charge in [-0.05, 0) is 46.5 Å². The average molecular weight is 185 g/mol. The van der Waals surface area contributed by atoms with Gasteiger partial charge in [-0.25, -0.2) is 0 Å². The van der Waals surface area contributed by atoms with Crippen molar-refractivity contribution in [2.75, 3.05) is 13.2 Å². The number of ether oxygens (including phenoxy) is 1. The highest BCUT2D eigenvalue weighted by molar-refractivity contribution is 4.85. The molecule has 2 nitrogen and oxygen atoms in total. The van der Waals surface area contributed by atoms with Crippen LogP contribution in [-0.2, 0) is 4.74 Å². The minimum Gasteiger partial charge on any atom is -0.375 e. The molecule has 0 amide bonds. The van der Waals surface area contributed by atoms with E-state index in [2.05, 4.69) is 26.1 Å². The second kappa shape index (κ2) is 4.43. The lowest BCUT2D eigenvalue weighted by molar-refractivity contribution is -0.0106. The first-order valence-corrected chi connectivity index (χ1v) is 5.42. The zero-order valence-corrected chi connectivity index (χ0v) is 9.39. The second-order valence-corrected chi connectivity index (χ2v) is 4.70. The van der Waals surface area contributed by atoms with Crippen molar-refractivity contribution >= 4 is 0 Å². The maximum Gasteiger partial charge on any atom is 0.0750 e. The summed E-state index contributed by atoms with van der Waals surface area (Å²) in [5.74, 6) is 0.928. The summed E-state index contributed by atoms with van der Waals surface area (Å²) in [5.41, 5.74) is -0.0160. The van der Waals surface area contributed by atoms with Crippen LogP contribution in [-0.4, -0.2) is 24.8 Å². The lowest BCUT2D eigenvalue weighted by Crippen LogP contribution is -2.42. The van der Waals surface area contributed by atoms with Gasteiger partial charge in [0.1, 0.15) is 0 Å². The standard InChI is InChI=1S/C11H23NO/c1-5-13-11(3,4)8-12-9(2)10-6-7-10/h9-10,12H,5-8H2,1-4H3. The van der Waals surface area contributed by atoms with Gasteiger partial charge < -0.3 is 10.1 Å². The summed E-state index contributed by atoms with van der Waals surface area (Å²) in [4.78, 5) is 0. The summed E-state index contributed by atoms with van der Waals surface area (Å²) in [6.07, 6.45) is 2.81. The molecule has 1 aliphatic carbocycles. The van der Waals surface area contributed by atoms with Crippen LogP contribution in [0.3, 0.4) is 0 Å². The van der Waals surface area contributed by atoms with E-state index < -0.39 is 0 Å². The number of hydrogen-bond acceptors (Lipinski definition) is 2. The Labute approximate surface area is 82.0 Å². The van der Waals surface area contributed by atoms with Crippen LogP contribution in [0, 0.1) is 5.92 Å². The predicted molar refractivity (Wildman–Crippen MR) is 55.9 cm³/mol. The number of nitrogens with one attached hydrogen (secondary N) is 1. The van der Waals surface area contributed by atoms with E-state index in [0.29, 0.717) is 6.04 Å². The fourth-order valence-corrected chi connectivity index (χ4v) is 1.61. The molecule has 0 bridgehead atoms. The van der Waals surface area contributed by atoms with Crippen molar-refractivity contribution in [2.24, 2.45) is 5.92 Å². The van der Waals surface area contributed by atoms with E-state index in [-0.39, 0.29) is 5.60 Å². The summed E-state index contributed by atoms with van der Waals surface area (Å²) < 4.78 is 5.62. The summed E-state index contributed by atoms with van der Waals surface area (Å²) in [6.45, 7) is 10.4. The quantitative estimate of drug-likeness (QED) is 0.685. The second-order valence-electron chi connectivity index (χ2n) is 4.70. The van der Waals surface area contributed by atoms with Crippen LogP contribution in [0.15, 0.2) is 0 Å². The van der Waals surface area contributed by atoms with Gasteiger partial charge in [0.05, 0.1) is 5.60 Å². The first kappa shape index (κ1) is 11.0. The molecule has 1 atom stereocenters. The molecule has 2 heteroatoms. The maximum absolute atomic E-state index is 5.62. The van der Waals surface area contributed by atoms with Gasteiger partial charge in [-0.2, -0.15) is 0 Å². The summed E-state index contributed by atoms with van der Waals surface area (Å²) in [5, 5.41) is 3.54. The molecular weight excluding hydrogens is 162 g/mol. The van der Waals surface area contributed by atoms with Crippen LogP contribution in [0.5, 0.6) is 0 Å². The Morgan fingerprint density at radius 1 is 1.46 bits per heavy atom. The minimum atomic E-state index is -0.0160. The third kappa shape index (κ3) is 4.10. The first-order valence-electron chi connectivity index (χ1n) is 5.42. The van der Waals surface area contributed by atoms with Crippen molar-refractivity contribution in [3.8, 4) is 0 Å². The fraction of sp³-hybridized carbons (Fsp3) is 1.00. The van der Waals surface area contributed by atoms with Crippen molar-refractivity contribution < 1.29 is 4.74 Å². The number of hydrogen-bond donors (Lipinski definition) is 1. The van der Waals surface area contributed by atoms with Gasteiger partial charge >= 0.3 is 0 Å². The fourth-order valence-electron chi connectivity index (χ4n) is 1.61. The monoisotopic (exact) mass is 185 g/mol. The van der Waals surface area contributed by atoms with Crippen molar-refractivity contribution in [2.45, 2.75) is 52.2 Å². The van der Waals surface area contributed by atoms with Crippen LogP contribution < -0.4 is 5.32 Å². The van der Waals surface area contributed by atoms with Crippen LogP contribution in [0.25, 0.3) is 0 Å². The molecule has 0 saturated heterocycles. The third-order valence-corrected chi connectivity index (χ3v) is 2.71. The SMILES string of the molecule is CCOC(C)(C)CNC(C)C1CC1. The summed E-state index contributed by atoms with van der Waals surface area (Å²) >= 11 is 0. The lowest BCUT2D eigenvalue weighted by atomic mass is 10.1. The molecule has 1 saturated carbocycles. The Kier molecular flexibility index (Phi) is 3.74. The van der Waals surface area contributed by atoms with Crippen LogP contribution in [0.4, 0.5) is 0 Å². The molecule has 0 spiro atoms. The Morgan fingerprint density at radius 3 is 2.54 bits per heavy atom. The molecule has 0 aliphatic heterocycles. The van der Waals surface area contributed by atoms with Crippen molar-refractivity contribution in [3.05, 3.63) is 0 Å². The predicted octanol–water partition coefficient (Wildman–Crippen LogP) is 2.19. The highest BCUT2D eigenvalue weighted by atomic mass is 16.5. The molecule has 1 fully saturated rings. The maximum atomic E-state index is 5.62. The van der Waals surface area contributed by atoms with Crippen LogP contribution in [0.1, 0.15) is 40.5 Å². The molecule has 13 heavy (non-hydrogen) atoms. The number of rotatable bonds is 6. The third-order valence-electron chi connectivity index (χ3n) is 2.71. The lowest BCUT2D eigenvalue weighted by Gasteiger charge is -2.27. The summed E-state index contributed by atoms with van der Waals surface area (Å²) in [7, 11) is 0. The van der Waals surface area contributed by atoms with Gasteiger partial charge in [0.2, 0.25) is 0 Å². The molecule has 1 aliphatic rings. The first-order chi connectivity index (χ1) is 6.05. The minimum absolute atomic E-state index is 0.0160. The largest absolute Gasteiger partial charge is 0.375 e. The van der Waals surface area contributed by atoms with Crippen molar-refractivity contribution in [1.29, 1.82) is 0 Å². The van der Waals surface area contributed by atoms with E-state index in [9.17, 15) is 0 Å². The van der Waals surface area contributed by atoms with Crippen molar-refractivity contribution in [1.82, 2.24) is 5.32 Å². The molecule has 1 unspecified atom stereocenters. The molecule has 0 aromatic heterocycles. The normalized spacial score (nSPS) is 20.3. The van der Waals surface area contributed by atoms with E-state index in [1.165, 1.54) is 12.8 Å². The van der Waals surface area contributed by atoms with E-state index in [1.54, 1.807) is 0 Å². The Bertz CT molecular complexity index is 152. The van der Waals surface area contributed by atoms with E-state index in [0.717, 1.165) is 19.1 Å². The molecule has 0 radical (unpaired) electrons. The van der Waals surface area contributed by atoms with Gasteiger partial charge in [-0.15, -0.1) is 0 Å². The zero-order valence-electron chi connectivity index (χ0n) is 9.39. The zero-order chi connectivity index (χ0) is 9.90. The van der Waals surface area contributed by atoms with Crippen LogP contribution >= 0.6 is 0 Å². The summed E-state index contributed by atoms with van der Waals surface area (Å²) in [6, 6.07) is 0.666. The Morgan fingerprint density at radius 2 is 2.08 bits per heavy atom. The van der Waals surface area contributed by atoms with Crippen molar-refractivity contribution in [3.63, 3.8) is 0 Å². The molecule has 0 aromatic carbocycles. The molecule has 1 N–H and O–H groups in total. The topological polar surface area (TPSA) is 21.3 Å². The molecule has 78 valence electrons. The smallest absolute Gasteiger partial charge is 0.0750 e. The molecular formula is C11H23NO. The molecule has 1 rings (SSSR count).